The minimum atomic E-state index is -0.871. The van der Waals surface area contributed by atoms with Gasteiger partial charge in [-0.25, -0.2) is 4.79 Å². The third-order valence-corrected chi connectivity index (χ3v) is 5.56. The van der Waals surface area contributed by atoms with Crippen LogP contribution in [-0.2, 0) is 9.53 Å². The molecule has 0 N–H and O–H groups in total. The van der Waals surface area contributed by atoms with Gasteiger partial charge in [0.2, 0.25) is 0 Å². The molecule has 1 amide bonds. The van der Waals surface area contributed by atoms with Gasteiger partial charge >= 0.3 is 5.97 Å². The number of hydrogen-bond acceptors (Lipinski definition) is 4. The van der Waals surface area contributed by atoms with Crippen molar-refractivity contribution in [3.8, 4) is 17.2 Å². The Morgan fingerprint density at radius 1 is 1.03 bits per heavy atom. The van der Waals surface area contributed by atoms with Gasteiger partial charge in [-0.05, 0) is 57.7 Å². The lowest BCUT2D eigenvalue weighted by Gasteiger charge is -2.40. The molecule has 0 spiro atoms. The molecular weight excluding hydrogens is 364 g/mol. The van der Waals surface area contributed by atoms with E-state index in [0.29, 0.717) is 22.3 Å². The summed E-state index contributed by atoms with van der Waals surface area (Å²) in [7, 11) is 0. The van der Waals surface area contributed by atoms with E-state index in [-0.39, 0.29) is 18.0 Å². The average Bonchev–Trinajstić information content (AvgIpc) is 2.73. The molecule has 0 unspecified atom stereocenters. The van der Waals surface area contributed by atoms with Gasteiger partial charge in [0.05, 0.1) is 17.2 Å². The summed E-state index contributed by atoms with van der Waals surface area (Å²) in [6, 6.07) is 16.6. The first kappa shape index (κ1) is 20.6. The highest BCUT2D eigenvalue weighted by Crippen LogP contribution is 2.28. The molecule has 0 aromatic heterocycles. The first-order valence-electron chi connectivity index (χ1n) is 10.1. The van der Waals surface area contributed by atoms with Crippen molar-refractivity contribution >= 4 is 11.9 Å². The Labute approximate surface area is 171 Å². The SMILES string of the molecule is C[C@@H]1CCC[C@@H](C)N1C(=O)[C@@H](C)OC(=O)c1ccccc1-c1ccccc1C#N. The van der Waals surface area contributed by atoms with Crippen LogP contribution in [-0.4, -0.2) is 35.0 Å². The van der Waals surface area contributed by atoms with E-state index in [1.165, 1.54) is 0 Å². The highest BCUT2D eigenvalue weighted by Gasteiger charge is 2.33. The number of amides is 1. The second-order valence-electron chi connectivity index (χ2n) is 7.62. The van der Waals surface area contributed by atoms with E-state index in [1.54, 1.807) is 43.3 Å². The Hall–Kier alpha value is -3.13. The molecule has 3 atom stereocenters. The van der Waals surface area contributed by atoms with Crippen molar-refractivity contribution < 1.29 is 14.3 Å². The minimum Gasteiger partial charge on any atom is -0.449 e. The highest BCUT2D eigenvalue weighted by atomic mass is 16.5. The molecule has 0 aliphatic carbocycles. The highest BCUT2D eigenvalue weighted by molar-refractivity contribution is 5.99. The van der Waals surface area contributed by atoms with Crippen LogP contribution in [0.15, 0.2) is 48.5 Å². The number of carbonyl (C=O) groups excluding carboxylic acids is 2. The van der Waals surface area contributed by atoms with Crippen LogP contribution in [0, 0.1) is 11.3 Å². The molecule has 1 fully saturated rings. The second kappa shape index (κ2) is 8.91. The summed E-state index contributed by atoms with van der Waals surface area (Å²) in [5.41, 5.74) is 2.11. The first-order valence-corrected chi connectivity index (χ1v) is 10.1. The topological polar surface area (TPSA) is 70.4 Å². The van der Waals surface area contributed by atoms with Gasteiger partial charge in [0, 0.05) is 17.6 Å². The van der Waals surface area contributed by atoms with Crippen LogP contribution in [0.2, 0.25) is 0 Å². The molecule has 0 bridgehead atoms. The molecule has 0 saturated carbocycles. The molecule has 29 heavy (non-hydrogen) atoms. The Kier molecular flexibility index (Phi) is 6.33. The van der Waals surface area contributed by atoms with Crippen LogP contribution in [0.1, 0.15) is 56.0 Å². The average molecular weight is 390 g/mol. The van der Waals surface area contributed by atoms with Crippen molar-refractivity contribution in [1.29, 1.82) is 5.26 Å². The van der Waals surface area contributed by atoms with Crippen molar-refractivity contribution in [1.82, 2.24) is 4.90 Å². The summed E-state index contributed by atoms with van der Waals surface area (Å²) in [6.07, 6.45) is 2.16. The maximum absolute atomic E-state index is 12.9. The van der Waals surface area contributed by atoms with Gasteiger partial charge in [0.1, 0.15) is 0 Å². The Morgan fingerprint density at radius 3 is 2.28 bits per heavy atom. The number of piperidine rings is 1. The predicted octanol–water partition coefficient (Wildman–Crippen LogP) is 4.56. The zero-order chi connectivity index (χ0) is 21.0. The van der Waals surface area contributed by atoms with Gasteiger partial charge in [0.25, 0.3) is 5.91 Å². The maximum Gasteiger partial charge on any atom is 0.339 e. The van der Waals surface area contributed by atoms with E-state index in [2.05, 4.69) is 6.07 Å². The third kappa shape index (κ3) is 4.32. The summed E-state index contributed by atoms with van der Waals surface area (Å²) < 4.78 is 5.57. The molecule has 1 aliphatic heterocycles. The van der Waals surface area contributed by atoms with E-state index in [9.17, 15) is 14.9 Å². The molecule has 3 rings (SSSR count). The van der Waals surface area contributed by atoms with E-state index >= 15 is 0 Å². The maximum atomic E-state index is 12.9. The molecule has 5 nitrogen and oxygen atoms in total. The fraction of sp³-hybridized carbons (Fsp3) is 0.375. The van der Waals surface area contributed by atoms with E-state index < -0.39 is 12.1 Å². The largest absolute Gasteiger partial charge is 0.449 e. The standard InChI is InChI=1S/C24H26N2O3/c1-16-9-8-10-17(2)26(16)23(27)18(3)29-24(28)22-14-7-6-13-21(22)20-12-5-4-11-19(20)15-25/h4-7,11-14,16-18H,8-10H2,1-3H3/t16-,17-,18-/m1/s1. The molecule has 5 heteroatoms. The number of nitrogens with zero attached hydrogens (tertiary/aromatic N) is 2. The number of benzene rings is 2. The monoisotopic (exact) mass is 390 g/mol. The number of hydrogen-bond donors (Lipinski definition) is 0. The minimum absolute atomic E-state index is 0.141. The van der Waals surface area contributed by atoms with Gasteiger partial charge in [-0.2, -0.15) is 5.26 Å². The lowest BCUT2D eigenvalue weighted by Crippen LogP contribution is -2.51. The summed E-state index contributed by atoms with van der Waals surface area (Å²) in [6.45, 7) is 5.70. The van der Waals surface area contributed by atoms with Crippen LogP contribution in [0.4, 0.5) is 0 Å². The summed E-state index contributed by atoms with van der Waals surface area (Å²) in [4.78, 5) is 27.7. The summed E-state index contributed by atoms with van der Waals surface area (Å²) in [5.74, 6) is -0.723. The molecule has 1 saturated heterocycles. The Balaban J connectivity index is 1.83. The fourth-order valence-corrected chi connectivity index (χ4v) is 4.05. The number of ether oxygens (including phenoxy) is 1. The lowest BCUT2D eigenvalue weighted by atomic mass is 9.96. The quantitative estimate of drug-likeness (QED) is 0.718. The predicted molar refractivity (Wildman–Crippen MR) is 111 cm³/mol. The van der Waals surface area contributed by atoms with Crippen molar-refractivity contribution in [2.45, 2.75) is 58.2 Å². The van der Waals surface area contributed by atoms with Crippen molar-refractivity contribution in [3.05, 3.63) is 59.7 Å². The summed E-state index contributed by atoms with van der Waals surface area (Å²) in [5, 5.41) is 9.40. The normalized spacial score (nSPS) is 19.9. The van der Waals surface area contributed by atoms with Gasteiger partial charge in [-0.3, -0.25) is 4.79 Å². The number of esters is 1. The first-order chi connectivity index (χ1) is 13.9. The van der Waals surface area contributed by atoms with Gasteiger partial charge < -0.3 is 9.64 Å². The molecule has 0 radical (unpaired) electrons. The van der Waals surface area contributed by atoms with Crippen molar-refractivity contribution in [2.75, 3.05) is 0 Å². The van der Waals surface area contributed by atoms with E-state index in [1.807, 2.05) is 30.9 Å². The smallest absolute Gasteiger partial charge is 0.339 e. The third-order valence-electron chi connectivity index (χ3n) is 5.56. The molecular formula is C24H26N2O3. The second-order valence-corrected chi connectivity index (χ2v) is 7.62. The van der Waals surface area contributed by atoms with Crippen molar-refractivity contribution in [3.63, 3.8) is 0 Å². The molecule has 1 aliphatic rings. The van der Waals surface area contributed by atoms with Crippen LogP contribution < -0.4 is 0 Å². The number of rotatable bonds is 4. The zero-order valence-corrected chi connectivity index (χ0v) is 17.1. The molecule has 2 aromatic rings. The van der Waals surface area contributed by atoms with Gasteiger partial charge in [-0.15, -0.1) is 0 Å². The van der Waals surface area contributed by atoms with E-state index in [4.69, 9.17) is 4.74 Å². The Morgan fingerprint density at radius 2 is 1.62 bits per heavy atom. The fourth-order valence-electron chi connectivity index (χ4n) is 4.05. The van der Waals surface area contributed by atoms with Crippen LogP contribution in [0.25, 0.3) is 11.1 Å². The van der Waals surface area contributed by atoms with Crippen LogP contribution in [0.5, 0.6) is 0 Å². The van der Waals surface area contributed by atoms with Gasteiger partial charge in [0.15, 0.2) is 6.10 Å². The molecule has 1 heterocycles. The molecule has 2 aromatic carbocycles. The van der Waals surface area contributed by atoms with Crippen LogP contribution in [0.3, 0.4) is 0 Å². The summed E-state index contributed by atoms with van der Waals surface area (Å²) >= 11 is 0. The number of nitriles is 1. The number of carbonyl (C=O) groups is 2. The lowest BCUT2D eigenvalue weighted by molar-refractivity contribution is -0.146. The van der Waals surface area contributed by atoms with E-state index in [0.717, 1.165) is 19.3 Å². The number of likely N-dealkylation sites (tertiary alicyclic amines) is 1. The molecule has 150 valence electrons. The van der Waals surface area contributed by atoms with Crippen molar-refractivity contribution in [2.24, 2.45) is 0 Å². The van der Waals surface area contributed by atoms with Gasteiger partial charge in [-0.1, -0.05) is 36.4 Å². The zero-order valence-electron chi connectivity index (χ0n) is 17.1. The van der Waals surface area contributed by atoms with Crippen LogP contribution >= 0.6 is 0 Å². The Bertz CT molecular complexity index is 937.